The Hall–Kier alpha value is -2.78. The molecule has 1 aliphatic rings. The Labute approximate surface area is 142 Å². The summed E-state index contributed by atoms with van der Waals surface area (Å²) in [5, 5.41) is 8.20. The van der Waals surface area contributed by atoms with E-state index in [0.29, 0.717) is 6.04 Å². The zero-order chi connectivity index (χ0) is 16.6. The van der Waals surface area contributed by atoms with Crippen LogP contribution in [-0.4, -0.2) is 6.04 Å². The minimum absolute atomic E-state index is 0.373. The summed E-state index contributed by atoms with van der Waals surface area (Å²) in [7, 11) is 0. The van der Waals surface area contributed by atoms with Gasteiger partial charge in [-0.25, -0.2) is 0 Å². The molecule has 2 N–H and O–H groups in total. The van der Waals surface area contributed by atoms with Crippen molar-refractivity contribution in [2.24, 2.45) is 16.0 Å². The largest absolute Gasteiger partial charge is 0.327 e. The summed E-state index contributed by atoms with van der Waals surface area (Å²) in [6, 6.07) is 28.3. The first-order chi connectivity index (χ1) is 11.8. The van der Waals surface area contributed by atoms with Crippen LogP contribution in [0.4, 0.5) is 11.4 Å². The van der Waals surface area contributed by atoms with Crippen LogP contribution in [0.5, 0.6) is 0 Å². The highest BCUT2D eigenvalue weighted by atomic mass is 15.1. The van der Waals surface area contributed by atoms with Crippen LogP contribution >= 0.6 is 0 Å². The molecule has 0 amide bonds. The molecule has 0 bridgehead atoms. The van der Waals surface area contributed by atoms with Crippen LogP contribution in [0, 0.1) is 0 Å². The van der Waals surface area contributed by atoms with Crippen molar-refractivity contribution in [2.75, 3.05) is 0 Å². The van der Waals surface area contributed by atoms with E-state index in [1.54, 1.807) is 0 Å². The maximum atomic E-state index is 5.78. The van der Waals surface area contributed by atoms with Gasteiger partial charge in [0.15, 0.2) is 0 Å². The quantitative estimate of drug-likeness (QED) is 0.648. The fourth-order valence-corrected chi connectivity index (χ4v) is 2.70. The van der Waals surface area contributed by atoms with Crippen molar-refractivity contribution in [1.29, 1.82) is 0 Å². The number of hydrogen-bond acceptors (Lipinski definition) is 3. The standard InChI is InChI=1S/C12H10N2.C9H11N/c1-3-7-11(8-4-1)13-14-12-9-5-2-6-10-12;10-9-5-7-3-1-2-4-8(7)6-9/h1-10H;1-4,9H,5-6,10H2/b14-13+;. The molecular weight excluding hydrogens is 294 g/mol. The van der Waals surface area contributed by atoms with Crippen molar-refractivity contribution in [2.45, 2.75) is 18.9 Å². The van der Waals surface area contributed by atoms with E-state index in [-0.39, 0.29) is 0 Å². The van der Waals surface area contributed by atoms with Gasteiger partial charge in [0.25, 0.3) is 0 Å². The van der Waals surface area contributed by atoms with Gasteiger partial charge in [0.2, 0.25) is 0 Å². The van der Waals surface area contributed by atoms with E-state index in [9.17, 15) is 0 Å². The molecule has 0 radical (unpaired) electrons. The van der Waals surface area contributed by atoms with Gasteiger partial charge in [-0.15, -0.1) is 0 Å². The van der Waals surface area contributed by atoms with Crippen molar-refractivity contribution in [3.05, 3.63) is 96.1 Å². The normalized spacial score (nSPS) is 13.4. The molecule has 0 spiro atoms. The van der Waals surface area contributed by atoms with Crippen LogP contribution in [0.1, 0.15) is 11.1 Å². The van der Waals surface area contributed by atoms with Crippen LogP contribution in [0.2, 0.25) is 0 Å². The number of nitrogens with zero attached hydrogens (tertiary/aromatic N) is 2. The van der Waals surface area contributed by atoms with Crippen LogP contribution in [0.3, 0.4) is 0 Å². The second kappa shape index (κ2) is 8.18. The Kier molecular flexibility index (Phi) is 5.48. The number of azo groups is 1. The summed E-state index contributed by atoms with van der Waals surface area (Å²) in [6.07, 6.45) is 2.13. The van der Waals surface area contributed by atoms with Gasteiger partial charge in [-0.2, -0.15) is 10.2 Å². The predicted molar refractivity (Wildman–Crippen MR) is 98.9 cm³/mol. The SMILES string of the molecule is NC1Cc2ccccc2C1.c1ccc(/N=N/c2ccccc2)cc1. The number of rotatable bonds is 2. The third-order valence-electron chi connectivity index (χ3n) is 3.88. The summed E-state index contributed by atoms with van der Waals surface area (Å²) < 4.78 is 0. The van der Waals surface area contributed by atoms with E-state index in [0.717, 1.165) is 24.2 Å². The first-order valence-corrected chi connectivity index (χ1v) is 8.15. The maximum absolute atomic E-state index is 5.78. The molecule has 3 aromatic carbocycles. The fraction of sp³-hybridized carbons (Fsp3) is 0.143. The highest BCUT2D eigenvalue weighted by molar-refractivity contribution is 5.39. The Morgan fingerprint density at radius 1 is 0.583 bits per heavy atom. The van der Waals surface area contributed by atoms with Crippen molar-refractivity contribution in [3.63, 3.8) is 0 Å². The molecule has 0 atom stereocenters. The molecule has 4 rings (SSSR count). The lowest BCUT2D eigenvalue weighted by Gasteiger charge is -1.94. The molecule has 0 aromatic heterocycles. The number of nitrogens with two attached hydrogens (primary N) is 1. The zero-order valence-corrected chi connectivity index (χ0v) is 13.5. The van der Waals surface area contributed by atoms with Crippen molar-refractivity contribution < 1.29 is 0 Å². The monoisotopic (exact) mass is 315 g/mol. The molecule has 0 unspecified atom stereocenters. The average Bonchev–Trinajstić information content (AvgIpc) is 3.02. The minimum atomic E-state index is 0.373. The van der Waals surface area contributed by atoms with Gasteiger partial charge in [0.1, 0.15) is 0 Å². The van der Waals surface area contributed by atoms with Gasteiger partial charge in [-0.3, -0.25) is 0 Å². The Morgan fingerprint density at radius 2 is 0.958 bits per heavy atom. The maximum Gasteiger partial charge on any atom is 0.0857 e. The average molecular weight is 315 g/mol. The van der Waals surface area contributed by atoms with Crippen LogP contribution < -0.4 is 5.73 Å². The van der Waals surface area contributed by atoms with Gasteiger partial charge in [-0.05, 0) is 48.2 Å². The summed E-state index contributed by atoms with van der Waals surface area (Å²) in [6.45, 7) is 0. The predicted octanol–water partition coefficient (Wildman–Crippen LogP) is 5.21. The number of hydrogen-bond donors (Lipinski definition) is 1. The first kappa shape index (κ1) is 16.1. The molecule has 0 aliphatic heterocycles. The molecule has 3 aromatic rings. The summed E-state index contributed by atoms with van der Waals surface area (Å²) >= 11 is 0. The van der Waals surface area contributed by atoms with Crippen molar-refractivity contribution >= 4 is 11.4 Å². The topological polar surface area (TPSA) is 50.7 Å². The summed E-state index contributed by atoms with van der Waals surface area (Å²) in [5.41, 5.74) is 10.4. The van der Waals surface area contributed by atoms with E-state index in [1.165, 1.54) is 11.1 Å². The van der Waals surface area contributed by atoms with E-state index < -0.39 is 0 Å². The van der Waals surface area contributed by atoms with Crippen molar-refractivity contribution in [3.8, 4) is 0 Å². The number of fused-ring (bicyclic) bond motifs is 1. The van der Waals surface area contributed by atoms with E-state index in [1.807, 2.05) is 60.7 Å². The lowest BCUT2D eigenvalue weighted by atomic mass is 10.1. The third-order valence-corrected chi connectivity index (χ3v) is 3.88. The van der Waals surface area contributed by atoms with E-state index >= 15 is 0 Å². The number of benzene rings is 3. The Bertz CT molecular complexity index is 716. The lowest BCUT2D eigenvalue weighted by Crippen LogP contribution is -2.18. The van der Waals surface area contributed by atoms with Crippen molar-refractivity contribution in [1.82, 2.24) is 0 Å². The Morgan fingerprint density at radius 3 is 1.38 bits per heavy atom. The van der Waals surface area contributed by atoms with Gasteiger partial charge >= 0.3 is 0 Å². The third kappa shape index (κ3) is 4.61. The molecule has 3 nitrogen and oxygen atoms in total. The lowest BCUT2D eigenvalue weighted by molar-refractivity contribution is 0.721. The smallest absolute Gasteiger partial charge is 0.0857 e. The van der Waals surface area contributed by atoms with Gasteiger partial charge in [-0.1, -0.05) is 60.7 Å². The van der Waals surface area contributed by atoms with Crippen LogP contribution in [0.25, 0.3) is 0 Å². The molecule has 1 aliphatic carbocycles. The summed E-state index contributed by atoms with van der Waals surface area (Å²) in [4.78, 5) is 0. The van der Waals surface area contributed by atoms with Crippen LogP contribution in [0.15, 0.2) is 95.2 Å². The second-order valence-corrected chi connectivity index (χ2v) is 5.81. The molecule has 24 heavy (non-hydrogen) atoms. The first-order valence-electron chi connectivity index (χ1n) is 8.15. The molecule has 3 heteroatoms. The molecule has 0 fully saturated rings. The minimum Gasteiger partial charge on any atom is -0.327 e. The molecule has 0 heterocycles. The molecule has 0 saturated carbocycles. The van der Waals surface area contributed by atoms with Gasteiger partial charge in [0.05, 0.1) is 11.4 Å². The fourth-order valence-electron chi connectivity index (χ4n) is 2.70. The summed E-state index contributed by atoms with van der Waals surface area (Å²) in [5.74, 6) is 0. The van der Waals surface area contributed by atoms with Gasteiger partial charge < -0.3 is 5.73 Å². The molecule has 0 saturated heterocycles. The Balaban J connectivity index is 0.000000149. The molecular formula is C21H21N3. The zero-order valence-electron chi connectivity index (χ0n) is 13.5. The highest BCUT2D eigenvalue weighted by Gasteiger charge is 2.16. The highest BCUT2D eigenvalue weighted by Crippen LogP contribution is 2.19. The molecule has 120 valence electrons. The second-order valence-electron chi connectivity index (χ2n) is 5.81. The van der Waals surface area contributed by atoms with Gasteiger partial charge in [0, 0.05) is 6.04 Å². The van der Waals surface area contributed by atoms with E-state index in [4.69, 9.17) is 5.73 Å². The van der Waals surface area contributed by atoms with E-state index in [2.05, 4.69) is 34.5 Å². The van der Waals surface area contributed by atoms with Crippen LogP contribution in [-0.2, 0) is 12.8 Å².